The number of hydrogen-bond donors (Lipinski definition) is 0. The molecule has 224 valence electrons. The van der Waals surface area contributed by atoms with E-state index in [0.29, 0.717) is 20.8 Å². The number of halogens is 5. The molecule has 3 aromatic carbocycles. The molecule has 0 N–H and O–H groups in total. The average Bonchev–Trinajstić information content (AvgIpc) is 3.57. The van der Waals surface area contributed by atoms with Crippen LogP contribution in [0.3, 0.4) is 0 Å². The molecule has 8 nitrogen and oxygen atoms in total. The molecule has 0 unspecified atom stereocenters. The Morgan fingerprint density at radius 1 is 1.02 bits per heavy atom. The first kappa shape index (κ1) is 29.0. The van der Waals surface area contributed by atoms with Crippen molar-refractivity contribution < 1.29 is 31.5 Å². The quantitative estimate of drug-likeness (QED) is 0.182. The van der Waals surface area contributed by atoms with Crippen LogP contribution in [-0.4, -0.2) is 44.6 Å². The molecule has 1 amide bonds. The number of anilines is 1. The van der Waals surface area contributed by atoms with Gasteiger partial charge in [-0.1, -0.05) is 41.7 Å². The monoisotopic (exact) mass is 625 g/mol. The van der Waals surface area contributed by atoms with Gasteiger partial charge in [-0.2, -0.15) is 27.1 Å². The predicted octanol–water partition coefficient (Wildman–Crippen LogP) is 6.81. The van der Waals surface area contributed by atoms with Crippen LogP contribution in [0.1, 0.15) is 10.4 Å². The van der Waals surface area contributed by atoms with Crippen molar-refractivity contribution in [1.29, 1.82) is 0 Å². The molecule has 0 bridgehead atoms. The van der Waals surface area contributed by atoms with Gasteiger partial charge in [0.05, 0.1) is 21.3 Å². The number of carbonyl (C=O) groups is 1. The first-order chi connectivity index (χ1) is 21.0. The largest absolute Gasteiger partial charge is 0.435 e. The third-order valence-corrected chi connectivity index (χ3v) is 7.65. The second-order valence-corrected chi connectivity index (χ2v) is 10.7. The summed E-state index contributed by atoms with van der Waals surface area (Å²) in [6, 6.07) is 17.8. The van der Waals surface area contributed by atoms with E-state index in [4.69, 9.17) is 0 Å². The zero-order chi connectivity index (χ0) is 31.2. The molecule has 0 aliphatic rings. The first-order valence-corrected chi connectivity index (χ1v) is 13.8. The van der Waals surface area contributed by atoms with E-state index in [1.54, 1.807) is 42.2 Å². The van der Waals surface area contributed by atoms with E-state index in [1.807, 2.05) is 0 Å². The Hall–Kier alpha value is -5.11. The van der Waals surface area contributed by atoms with Gasteiger partial charge < -0.3 is 4.74 Å². The standard InChI is InChI=1S/C30H20F5N5O3S/c1-38-14-19-13-20(9-12-22(19)37-38)39-15-23-25(24(27(39)42)17-7-10-21(11-8-17)43-28(31)32)36-29(44-23)40(16-30(33,34)35)26(41)18-5-3-2-4-6-18/h2-15,28H,16H2,1H3. The minimum atomic E-state index is -4.76. The van der Waals surface area contributed by atoms with Crippen molar-refractivity contribution in [3.05, 3.63) is 101 Å². The molecule has 0 radical (unpaired) electrons. The molecule has 6 aromatic rings. The van der Waals surface area contributed by atoms with Crippen molar-refractivity contribution in [2.45, 2.75) is 12.8 Å². The van der Waals surface area contributed by atoms with E-state index in [0.717, 1.165) is 16.7 Å². The number of rotatable bonds is 7. The number of pyridine rings is 1. The molecule has 3 aromatic heterocycles. The third-order valence-electron chi connectivity index (χ3n) is 6.64. The second-order valence-electron chi connectivity index (χ2n) is 9.71. The maximum atomic E-state index is 14.0. The topological polar surface area (TPSA) is 82.3 Å². The minimum Gasteiger partial charge on any atom is -0.435 e. The number of aryl methyl sites for hydroxylation is 1. The van der Waals surface area contributed by atoms with E-state index < -0.39 is 30.8 Å². The van der Waals surface area contributed by atoms with Gasteiger partial charge in [-0.25, -0.2) is 4.98 Å². The van der Waals surface area contributed by atoms with Gasteiger partial charge in [-0.15, -0.1) is 0 Å². The van der Waals surface area contributed by atoms with Crippen molar-refractivity contribution in [3.63, 3.8) is 0 Å². The lowest BCUT2D eigenvalue weighted by molar-refractivity contribution is -0.118. The minimum absolute atomic E-state index is 0.000927. The molecule has 0 fully saturated rings. The van der Waals surface area contributed by atoms with Gasteiger partial charge in [0, 0.05) is 36.1 Å². The van der Waals surface area contributed by atoms with E-state index >= 15 is 0 Å². The van der Waals surface area contributed by atoms with Gasteiger partial charge in [0.1, 0.15) is 12.3 Å². The smallest absolute Gasteiger partial charge is 0.406 e. The average molecular weight is 626 g/mol. The molecule has 0 atom stereocenters. The van der Waals surface area contributed by atoms with Crippen molar-refractivity contribution in [3.8, 4) is 22.6 Å². The fourth-order valence-electron chi connectivity index (χ4n) is 4.78. The van der Waals surface area contributed by atoms with Gasteiger partial charge in [0.2, 0.25) is 0 Å². The van der Waals surface area contributed by atoms with Crippen LogP contribution >= 0.6 is 11.3 Å². The molecular weight excluding hydrogens is 605 g/mol. The molecule has 0 aliphatic heterocycles. The van der Waals surface area contributed by atoms with Crippen molar-refractivity contribution in [2.75, 3.05) is 11.4 Å². The van der Waals surface area contributed by atoms with Crippen molar-refractivity contribution in [1.82, 2.24) is 19.3 Å². The van der Waals surface area contributed by atoms with Crippen LogP contribution in [-0.2, 0) is 7.05 Å². The Morgan fingerprint density at radius 3 is 2.43 bits per heavy atom. The van der Waals surface area contributed by atoms with Crippen molar-refractivity contribution in [2.24, 2.45) is 7.05 Å². The molecule has 0 saturated heterocycles. The van der Waals surface area contributed by atoms with Crippen molar-refractivity contribution >= 4 is 43.5 Å². The number of aromatic nitrogens is 4. The molecule has 0 aliphatic carbocycles. The lowest BCUT2D eigenvalue weighted by Gasteiger charge is -2.21. The first-order valence-electron chi connectivity index (χ1n) is 13.0. The maximum absolute atomic E-state index is 14.0. The summed E-state index contributed by atoms with van der Waals surface area (Å²) in [4.78, 5) is 32.3. The predicted molar refractivity (Wildman–Crippen MR) is 156 cm³/mol. The maximum Gasteiger partial charge on any atom is 0.406 e. The fraction of sp³-hybridized carbons (Fsp3) is 0.133. The van der Waals surface area contributed by atoms with Crippen LogP contribution in [0, 0.1) is 0 Å². The molecule has 0 saturated carbocycles. The number of thiazole rings is 1. The highest BCUT2D eigenvalue weighted by Gasteiger charge is 2.36. The van der Waals surface area contributed by atoms with Crippen LogP contribution in [0.25, 0.3) is 37.9 Å². The molecule has 0 spiro atoms. The number of hydrogen-bond acceptors (Lipinski definition) is 6. The summed E-state index contributed by atoms with van der Waals surface area (Å²) in [5, 5.41) is 4.80. The number of benzene rings is 3. The van der Waals surface area contributed by atoms with Gasteiger partial charge >= 0.3 is 12.8 Å². The Kier molecular flexibility index (Phi) is 7.37. The number of carbonyl (C=O) groups excluding carboxylic acids is 1. The van der Waals surface area contributed by atoms with Gasteiger partial charge in [0.25, 0.3) is 11.5 Å². The van der Waals surface area contributed by atoms with Crippen LogP contribution in [0.15, 0.2) is 90.0 Å². The van der Waals surface area contributed by atoms with Crippen LogP contribution in [0.5, 0.6) is 5.75 Å². The summed E-state index contributed by atoms with van der Waals surface area (Å²) in [6.45, 7) is -4.68. The summed E-state index contributed by atoms with van der Waals surface area (Å²) < 4.78 is 74.4. The van der Waals surface area contributed by atoms with Gasteiger partial charge in [-0.3, -0.25) is 23.7 Å². The normalized spacial score (nSPS) is 11.9. The van der Waals surface area contributed by atoms with Crippen LogP contribution < -0.4 is 15.2 Å². The van der Waals surface area contributed by atoms with E-state index in [-0.39, 0.29) is 33.1 Å². The summed E-state index contributed by atoms with van der Waals surface area (Å²) in [5.41, 5.74) is 0.878. The SMILES string of the molecule is Cn1cc2cc(-n3cc4sc(N(CC(F)(F)F)C(=O)c5ccccc5)nc4c(-c4ccc(OC(F)F)cc4)c3=O)ccc2n1. The molecule has 44 heavy (non-hydrogen) atoms. The Morgan fingerprint density at radius 2 is 1.75 bits per heavy atom. The second kappa shape index (κ2) is 11.2. The summed E-state index contributed by atoms with van der Waals surface area (Å²) >= 11 is 0.809. The lowest BCUT2D eigenvalue weighted by atomic mass is 10.1. The number of fused-ring (bicyclic) bond motifs is 2. The molecular formula is C30H20F5N5O3S. The highest BCUT2D eigenvalue weighted by Crippen LogP contribution is 2.36. The number of ether oxygens (including phenoxy) is 1. The van der Waals surface area contributed by atoms with E-state index in [9.17, 15) is 31.5 Å². The van der Waals surface area contributed by atoms with Crippen LogP contribution in [0.4, 0.5) is 27.1 Å². The Balaban J connectivity index is 1.56. The molecule has 14 heteroatoms. The number of nitrogens with zero attached hydrogens (tertiary/aromatic N) is 5. The molecule has 6 rings (SSSR count). The molecule has 3 heterocycles. The van der Waals surface area contributed by atoms with Crippen LogP contribution in [0.2, 0.25) is 0 Å². The highest BCUT2D eigenvalue weighted by atomic mass is 32.1. The van der Waals surface area contributed by atoms with Gasteiger partial charge in [0.15, 0.2) is 5.13 Å². The highest BCUT2D eigenvalue weighted by molar-refractivity contribution is 7.22. The number of amides is 1. The summed E-state index contributed by atoms with van der Waals surface area (Å²) in [7, 11) is 1.75. The zero-order valence-corrected chi connectivity index (χ0v) is 23.4. The third kappa shape index (κ3) is 5.75. The zero-order valence-electron chi connectivity index (χ0n) is 22.6. The number of alkyl halides is 5. The summed E-state index contributed by atoms with van der Waals surface area (Å²) in [5.74, 6) is -1.07. The fourth-order valence-corrected chi connectivity index (χ4v) is 5.78. The lowest BCUT2D eigenvalue weighted by Crippen LogP contribution is -2.39. The van der Waals surface area contributed by atoms with E-state index in [1.165, 1.54) is 59.3 Å². The van der Waals surface area contributed by atoms with E-state index in [2.05, 4.69) is 14.8 Å². The Bertz CT molecular complexity index is 2050. The Labute approximate surface area is 249 Å². The summed E-state index contributed by atoms with van der Waals surface area (Å²) in [6.07, 6.45) is -1.54. The van der Waals surface area contributed by atoms with Gasteiger partial charge in [-0.05, 0) is 48.0 Å².